The van der Waals surface area contributed by atoms with Gasteiger partial charge in [-0.3, -0.25) is 38.4 Å². The molecule has 9 rings (SSSR count). The molecule has 1 amide bonds. The number of methoxy groups -OCH3 is 2. The van der Waals surface area contributed by atoms with Gasteiger partial charge in [-0.2, -0.15) is 0 Å². The number of rotatable bonds is 24. The fourth-order valence-corrected chi connectivity index (χ4v) is 13.4. The minimum absolute atomic E-state index is 0.00294. The molecule has 2 saturated carbocycles. The zero-order valence-electron chi connectivity index (χ0n) is 54.1. The fraction of sp³-hybridized carbons (Fsp3) is 0.370. The number of Topliss-reactive ketones (excluding diaryl/α,β-unsaturated/α-hetero) is 1. The maximum Gasteiger partial charge on any atom is 0.350 e. The largest absolute Gasteiger partial charge is 0.504 e. The number of ketones is 3. The van der Waals surface area contributed by atoms with Gasteiger partial charge in [-0.05, 0) is 109 Å². The quantitative estimate of drug-likeness (QED) is 0.0113. The molecule has 11 atom stereocenters. The summed E-state index contributed by atoms with van der Waals surface area (Å²) in [5, 5.41) is 39.1. The van der Waals surface area contributed by atoms with Crippen molar-refractivity contribution in [2.24, 2.45) is 16.7 Å². The van der Waals surface area contributed by atoms with Crippen LogP contribution >= 0.6 is 0 Å². The van der Waals surface area contributed by atoms with Crippen LogP contribution in [-0.2, 0) is 66.8 Å². The highest BCUT2D eigenvalue weighted by atomic mass is 16.6. The third-order valence-electron chi connectivity index (χ3n) is 18.4. The lowest BCUT2D eigenvalue weighted by Gasteiger charge is -2.67. The maximum atomic E-state index is 15.9. The second-order valence-electron chi connectivity index (χ2n) is 24.8. The Morgan fingerprint density at radius 1 is 0.708 bits per heavy atom. The Balaban J connectivity index is 1.000. The number of phenols is 1. The summed E-state index contributed by atoms with van der Waals surface area (Å²) in [7, 11) is 2.71. The van der Waals surface area contributed by atoms with Crippen LogP contribution in [0.15, 0.2) is 151 Å². The van der Waals surface area contributed by atoms with E-state index in [-0.39, 0.29) is 70.1 Å². The van der Waals surface area contributed by atoms with Crippen LogP contribution in [0.1, 0.15) is 124 Å². The number of nitrogens with one attached hydrogen (secondary N) is 1. The first kappa shape index (κ1) is 70.2. The first-order chi connectivity index (χ1) is 45.6. The van der Waals surface area contributed by atoms with Crippen molar-refractivity contribution in [3.63, 3.8) is 0 Å². The molecule has 5 aromatic rings. The predicted octanol–water partition coefficient (Wildman–Crippen LogP) is 8.04. The van der Waals surface area contributed by atoms with Gasteiger partial charge in [0.2, 0.25) is 6.10 Å². The number of hydrogen-bond donors (Lipinski definition) is 4. The van der Waals surface area contributed by atoms with Crippen molar-refractivity contribution < 1.29 is 106 Å². The molecular weight excluding hydrogens is 1240 g/mol. The Bertz CT molecular complexity index is 3920. The lowest BCUT2D eigenvalue weighted by molar-refractivity contribution is -0.346. The highest BCUT2D eigenvalue weighted by Gasteiger charge is 2.78. The molecular formula is C73H75NO22. The molecule has 0 spiro atoms. The molecule has 5 aromatic carbocycles. The highest BCUT2D eigenvalue weighted by molar-refractivity contribution is 6.11. The number of hydrogen-bond acceptors (Lipinski definition) is 22. The van der Waals surface area contributed by atoms with Crippen LogP contribution in [0.4, 0.5) is 0 Å². The summed E-state index contributed by atoms with van der Waals surface area (Å²) in [5.74, 6) is -10.1. The Labute approximate surface area is 553 Å². The van der Waals surface area contributed by atoms with E-state index in [0.717, 1.165) is 13.8 Å². The van der Waals surface area contributed by atoms with E-state index in [1.807, 2.05) is 0 Å². The van der Waals surface area contributed by atoms with Crippen LogP contribution in [-0.4, -0.2) is 143 Å². The van der Waals surface area contributed by atoms with Gasteiger partial charge in [0.1, 0.15) is 30.0 Å². The molecule has 1 heterocycles. The molecule has 1 saturated heterocycles. The van der Waals surface area contributed by atoms with Crippen molar-refractivity contribution in [3.8, 4) is 23.0 Å². The Morgan fingerprint density at radius 3 is 1.88 bits per heavy atom. The number of fused-ring (bicyclic) bond motifs is 5. The average molecular weight is 1320 g/mol. The van der Waals surface area contributed by atoms with Crippen LogP contribution in [0.2, 0.25) is 0 Å². The topological polar surface area (TPSA) is 326 Å². The minimum atomic E-state index is -2.55. The van der Waals surface area contributed by atoms with Crippen molar-refractivity contribution in [2.75, 3.05) is 20.8 Å². The second-order valence-corrected chi connectivity index (χ2v) is 24.8. The van der Waals surface area contributed by atoms with Crippen molar-refractivity contribution >= 4 is 71.2 Å². The SMILES string of the molecule is COc1cc(/C=C/C(=O)CC(=O)/C=C/c2ccc(OC(=O)CCCC(=O)O[C@@H](C(=O)O[C@H]3CC4(O)[C@@H](OC(=O)c5ccccc5)C5[C@](C)(C(=O)[C@H](OC(C)=O)C(=C3C)C4(C)C)[C@@H](O)C[C@H]3OC[C@@]53OC(C)=O)[C@@H](NC(=O)c3ccccc3)c3ccccc3)c(OC)c2)ccc1O. The molecule has 4 aliphatic rings. The van der Waals surface area contributed by atoms with Crippen LogP contribution in [0, 0.1) is 16.7 Å². The molecule has 4 N–H and O–H groups in total. The Morgan fingerprint density at radius 2 is 1.29 bits per heavy atom. The van der Waals surface area contributed by atoms with E-state index in [1.54, 1.807) is 72.8 Å². The van der Waals surface area contributed by atoms with Gasteiger partial charge < -0.3 is 63.3 Å². The van der Waals surface area contributed by atoms with Crippen molar-refractivity contribution in [2.45, 2.75) is 134 Å². The first-order valence-electron chi connectivity index (χ1n) is 31.0. The van der Waals surface area contributed by atoms with Gasteiger partial charge in [0, 0.05) is 50.5 Å². The number of amides is 1. The van der Waals surface area contributed by atoms with E-state index in [1.165, 1.54) is 121 Å². The summed E-state index contributed by atoms with van der Waals surface area (Å²) >= 11 is 0. The van der Waals surface area contributed by atoms with Gasteiger partial charge in [-0.15, -0.1) is 0 Å². The standard InChI is InChI=1S/C73H75NO22/c1-41-55(39-73(87)66(95-68(85)48-23-16-11-17-24-48)64-71(6,56(80)38-57-72(64,40-90-57)96-43(3)76)65(83)62(91-42(2)75)60(41)70(73,4)5)93-69(86)63(61(46-19-12-9-13-20-46)74-67(84)47-21-14-10-15-22-47)94-59(82)26-18-25-58(81)92-52-34-30-45(36-54(52)89-8)28-32-50(78)37-49(77)31-27-44-29-33-51(79)53(35-44)88-7/h9-17,19-24,27-36,55-57,61-64,66,79-80,87H,18,25-26,37-40H2,1-8H3,(H,74,84)/b31-27+,32-28+/t55-,56-,57+,61-,62+,63+,64?,66-,71+,72-,73?/m0/s1. The van der Waals surface area contributed by atoms with Gasteiger partial charge in [0.15, 0.2) is 52.1 Å². The lowest BCUT2D eigenvalue weighted by atomic mass is 9.44. The smallest absolute Gasteiger partial charge is 0.350 e. The third kappa shape index (κ3) is 14.6. The number of aliphatic hydroxyl groups excluding tert-OH is 1. The van der Waals surface area contributed by atoms with Gasteiger partial charge in [-0.1, -0.05) is 105 Å². The van der Waals surface area contributed by atoms with Gasteiger partial charge in [0.05, 0.1) is 50.2 Å². The maximum absolute atomic E-state index is 15.9. The third-order valence-corrected chi connectivity index (χ3v) is 18.4. The van der Waals surface area contributed by atoms with E-state index in [2.05, 4.69) is 5.32 Å². The molecule has 504 valence electrons. The van der Waals surface area contributed by atoms with Crippen LogP contribution in [0.3, 0.4) is 0 Å². The predicted molar refractivity (Wildman–Crippen MR) is 341 cm³/mol. The van der Waals surface area contributed by atoms with Gasteiger partial charge in [-0.25, -0.2) is 9.59 Å². The van der Waals surface area contributed by atoms with Crippen LogP contribution < -0.4 is 19.5 Å². The molecule has 23 heteroatoms. The van der Waals surface area contributed by atoms with Gasteiger partial charge in [0.25, 0.3) is 5.91 Å². The average Bonchev–Trinajstić information content (AvgIpc) is 0.669. The molecule has 2 unspecified atom stereocenters. The minimum Gasteiger partial charge on any atom is -0.504 e. The van der Waals surface area contributed by atoms with E-state index < -0.39 is 156 Å². The monoisotopic (exact) mass is 1320 g/mol. The summed E-state index contributed by atoms with van der Waals surface area (Å²) in [4.78, 5) is 140. The first-order valence-corrected chi connectivity index (χ1v) is 31.0. The lowest BCUT2D eigenvalue weighted by Crippen LogP contribution is -2.82. The normalized spacial score (nSPS) is 24.6. The number of aromatic hydroxyl groups is 1. The summed E-state index contributed by atoms with van der Waals surface area (Å²) in [6, 6.07) is 31.0. The van der Waals surface area contributed by atoms with E-state index in [4.69, 9.17) is 42.6 Å². The van der Waals surface area contributed by atoms with E-state index in [9.17, 15) is 53.7 Å². The molecule has 0 aromatic heterocycles. The van der Waals surface area contributed by atoms with Crippen molar-refractivity contribution in [1.29, 1.82) is 0 Å². The number of esters is 6. The molecule has 23 nitrogen and oxygen atoms in total. The number of aliphatic hydroxyl groups is 2. The van der Waals surface area contributed by atoms with E-state index >= 15 is 9.59 Å². The highest BCUT2D eigenvalue weighted by Crippen LogP contribution is 2.64. The Kier molecular flexibility index (Phi) is 21.4. The summed E-state index contributed by atoms with van der Waals surface area (Å²) < 4.78 is 53.3. The molecule has 1 aliphatic heterocycles. The van der Waals surface area contributed by atoms with E-state index in [0.29, 0.717) is 11.1 Å². The van der Waals surface area contributed by atoms with Crippen molar-refractivity contribution in [1.82, 2.24) is 5.32 Å². The van der Waals surface area contributed by atoms with Crippen LogP contribution in [0.5, 0.6) is 23.0 Å². The summed E-state index contributed by atoms with van der Waals surface area (Å²) in [6.07, 6.45) is -7.59. The second kappa shape index (κ2) is 29.3. The number of allylic oxidation sites excluding steroid dienone is 2. The zero-order valence-corrected chi connectivity index (χ0v) is 54.1. The van der Waals surface area contributed by atoms with Crippen molar-refractivity contribution in [3.05, 3.63) is 179 Å². The number of phenolic OH excluding ortho intramolecular Hbond substituents is 1. The molecule has 96 heavy (non-hydrogen) atoms. The molecule has 0 radical (unpaired) electrons. The zero-order chi connectivity index (χ0) is 69.4. The fourth-order valence-electron chi connectivity index (χ4n) is 13.4. The molecule has 3 aliphatic carbocycles. The number of carbonyl (C=O) groups excluding carboxylic acids is 10. The van der Waals surface area contributed by atoms with Gasteiger partial charge >= 0.3 is 35.8 Å². The molecule has 3 fully saturated rings. The van der Waals surface area contributed by atoms with Crippen LogP contribution in [0.25, 0.3) is 12.2 Å². The number of benzene rings is 5. The summed E-state index contributed by atoms with van der Waals surface area (Å²) in [6.45, 7) is 7.64. The molecule has 2 bridgehead atoms. The Hall–Kier alpha value is -10.1. The summed E-state index contributed by atoms with van der Waals surface area (Å²) in [5.41, 5.74) is -7.03. The number of ether oxygens (including phenoxy) is 9. The number of carbonyl (C=O) groups is 10.